The van der Waals surface area contributed by atoms with Crippen LogP contribution in [0.1, 0.15) is 18.4 Å². The van der Waals surface area contributed by atoms with Crippen molar-refractivity contribution in [1.29, 1.82) is 0 Å². The summed E-state index contributed by atoms with van der Waals surface area (Å²) in [7, 11) is 0. The molecule has 1 aromatic carbocycles. The molecule has 0 radical (unpaired) electrons. The van der Waals surface area contributed by atoms with Crippen LogP contribution >= 0.6 is 27.5 Å². The van der Waals surface area contributed by atoms with Gasteiger partial charge in [0.2, 0.25) is 0 Å². The Bertz CT molecular complexity index is 430. The van der Waals surface area contributed by atoms with Gasteiger partial charge in [-0.2, -0.15) is 0 Å². The van der Waals surface area contributed by atoms with Gasteiger partial charge in [0.05, 0.1) is 5.02 Å². The Morgan fingerprint density at radius 2 is 2.11 bits per heavy atom. The number of piperidine rings is 3. The molecule has 3 fully saturated rings. The number of nitrogens with one attached hydrogen (secondary N) is 1. The first-order valence-electron chi connectivity index (χ1n) is 6.62. The molecule has 1 N–H and O–H groups in total. The number of nitrogens with zero attached hydrogens (tertiary/aromatic N) is 1. The molecule has 0 saturated carbocycles. The van der Waals surface area contributed by atoms with Gasteiger partial charge >= 0.3 is 0 Å². The molecule has 0 aliphatic carbocycles. The highest BCUT2D eigenvalue weighted by atomic mass is 79.9. The smallest absolute Gasteiger partial charge is 0.0551 e. The summed E-state index contributed by atoms with van der Waals surface area (Å²) in [5.74, 6) is 0.876. The fraction of sp³-hybridized carbons (Fsp3) is 0.571. The quantitative estimate of drug-likeness (QED) is 0.915. The summed E-state index contributed by atoms with van der Waals surface area (Å²) in [5, 5.41) is 4.50. The molecule has 1 unspecified atom stereocenters. The Balaban J connectivity index is 1.59. The molecule has 3 aliphatic heterocycles. The van der Waals surface area contributed by atoms with Crippen LogP contribution in [-0.4, -0.2) is 30.6 Å². The highest BCUT2D eigenvalue weighted by Gasteiger charge is 2.33. The molecule has 2 bridgehead atoms. The van der Waals surface area contributed by atoms with Crippen molar-refractivity contribution in [3.05, 3.63) is 33.3 Å². The summed E-state index contributed by atoms with van der Waals surface area (Å²) in [6.07, 6.45) is 2.72. The van der Waals surface area contributed by atoms with Crippen LogP contribution in [-0.2, 0) is 6.54 Å². The zero-order valence-corrected chi connectivity index (χ0v) is 12.7. The van der Waals surface area contributed by atoms with E-state index in [1.807, 2.05) is 12.1 Å². The summed E-state index contributed by atoms with van der Waals surface area (Å²) in [4.78, 5) is 2.58. The van der Waals surface area contributed by atoms with Gasteiger partial charge < -0.3 is 10.2 Å². The molecular formula is C14H18BrClN2. The van der Waals surface area contributed by atoms with Gasteiger partial charge in [0.1, 0.15) is 0 Å². The summed E-state index contributed by atoms with van der Waals surface area (Å²) >= 11 is 9.54. The number of hydrogen-bond acceptors (Lipinski definition) is 2. The lowest BCUT2D eigenvalue weighted by atomic mass is 9.84. The van der Waals surface area contributed by atoms with Crippen LogP contribution in [0.25, 0.3) is 0 Å². The molecular weight excluding hydrogens is 312 g/mol. The summed E-state index contributed by atoms with van der Waals surface area (Å²) in [5.41, 5.74) is 1.26. The second-order valence-corrected chi connectivity index (χ2v) is 6.64. The van der Waals surface area contributed by atoms with Crippen LogP contribution < -0.4 is 5.32 Å². The van der Waals surface area contributed by atoms with Gasteiger partial charge in [0.25, 0.3) is 0 Å². The molecule has 3 aliphatic rings. The second-order valence-electron chi connectivity index (χ2n) is 5.37. The van der Waals surface area contributed by atoms with E-state index < -0.39 is 0 Å². The predicted molar refractivity (Wildman–Crippen MR) is 78.9 cm³/mol. The lowest BCUT2D eigenvalue weighted by Crippen LogP contribution is -2.55. The van der Waals surface area contributed by atoms with E-state index in [9.17, 15) is 0 Å². The van der Waals surface area contributed by atoms with Crippen molar-refractivity contribution in [2.75, 3.05) is 19.6 Å². The van der Waals surface area contributed by atoms with Gasteiger partial charge in [-0.15, -0.1) is 0 Å². The molecule has 98 valence electrons. The minimum Gasteiger partial charge on any atom is -0.308 e. The Kier molecular flexibility index (Phi) is 3.94. The van der Waals surface area contributed by atoms with Crippen molar-refractivity contribution in [1.82, 2.24) is 10.2 Å². The van der Waals surface area contributed by atoms with Crippen molar-refractivity contribution in [3.63, 3.8) is 0 Å². The lowest BCUT2D eigenvalue weighted by molar-refractivity contribution is 0.0720. The molecule has 4 heteroatoms. The number of halogens is 2. The normalized spacial score (nSPS) is 30.7. The van der Waals surface area contributed by atoms with Crippen molar-refractivity contribution < 1.29 is 0 Å². The fourth-order valence-corrected chi connectivity index (χ4v) is 3.54. The zero-order valence-electron chi connectivity index (χ0n) is 10.3. The second kappa shape index (κ2) is 5.49. The maximum absolute atomic E-state index is 6.12. The van der Waals surface area contributed by atoms with Gasteiger partial charge in [-0.3, -0.25) is 0 Å². The van der Waals surface area contributed by atoms with Crippen LogP contribution in [0.15, 0.2) is 22.7 Å². The van der Waals surface area contributed by atoms with Crippen LogP contribution in [0.3, 0.4) is 0 Å². The topological polar surface area (TPSA) is 15.3 Å². The van der Waals surface area contributed by atoms with Crippen LogP contribution in [0, 0.1) is 5.92 Å². The molecule has 2 nitrogen and oxygen atoms in total. The van der Waals surface area contributed by atoms with Crippen LogP contribution in [0.4, 0.5) is 0 Å². The van der Waals surface area contributed by atoms with E-state index >= 15 is 0 Å². The maximum Gasteiger partial charge on any atom is 0.0551 e. The van der Waals surface area contributed by atoms with E-state index in [0.29, 0.717) is 6.04 Å². The predicted octanol–water partition coefficient (Wildman–Crippen LogP) is 3.29. The molecule has 3 heterocycles. The Morgan fingerprint density at radius 3 is 2.72 bits per heavy atom. The van der Waals surface area contributed by atoms with Gasteiger partial charge in [-0.05, 0) is 65.5 Å². The first-order valence-corrected chi connectivity index (χ1v) is 7.79. The Hall–Kier alpha value is -0.0900. The number of fused-ring (bicyclic) bond motifs is 3. The van der Waals surface area contributed by atoms with E-state index in [4.69, 9.17) is 11.6 Å². The number of rotatable bonds is 3. The number of hydrogen-bond donors (Lipinski definition) is 1. The summed E-state index contributed by atoms with van der Waals surface area (Å²) < 4.78 is 0.968. The van der Waals surface area contributed by atoms with Crippen molar-refractivity contribution in [2.24, 2.45) is 5.92 Å². The lowest BCUT2D eigenvalue weighted by Gasteiger charge is -2.45. The molecule has 1 atom stereocenters. The first kappa shape index (κ1) is 12.9. The van der Waals surface area contributed by atoms with E-state index in [-0.39, 0.29) is 0 Å². The summed E-state index contributed by atoms with van der Waals surface area (Å²) in [6, 6.07) is 6.86. The van der Waals surface area contributed by atoms with Crippen molar-refractivity contribution in [2.45, 2.75) is 25.4 Å². The third kappa shape index (κ3) is 2.74. The first-order chi connectivity index (χ1) is 8.72. The van der Waals surface area contributed by atoms with Crippen molar-refractivity contribution in [3.8, 4) is 0 Å². The Morgan fingerprint density at radius 1 is 1.33 bits per heavy atom. The van der Waals surface area contributed by atoms with Crippen molar-refractivity contribution >= 4 is 27.5 Å². The average Bonchev–Trinajstić information content (AvgIpc) is 2.41. The van der Waals surface area contributed by atoms with E-state index in [2.05, 4.69) is 32.2 Å². The third-order valence-electron chi connectivity index (χ3n) is 4.21. The molecule has 1 aromatic rings. The molecule has 0 spiro atoms. The minimum absolute atomic E-state index is 0.662. The summed E-state index contributed by atoms with van der Waals surface area (Å²) in [6.45, 7) is 4.73. The highest BCUT2D eigenvalue weighted by Crippen LogP contribution is 2.28. The zero-order chi connectivity index (χ0) is 12.5. The number of benzene rings is 1. The van der Waals surface area contributed by atoms with E-state index in [1.165, 1.54) is 38.0 Å². The standard InChI is InChI=1S/C14H18BrClN2/c15-12-2-1-10(7-13(12)16)8-17-14-9-18-5-3-11(14)4-6-18/h1-2,7,11,14,17H,3-6,8-9H2. The van der Waals surface area contributed by atoms with E-state index in [0.717, 1.165) is 22.0 Å². The van der Waals surface area contributed by atoms with Gasteiger partial charge in [0, 0.05) is 23.6 Å². The fourth-order valence-electron chi connectivity index (χ4n) is 3.09. The Labute approximate surface area is 122 Å². The van der Waals surface area contributed by atoms with Crippen LogP contribution in [0.5, 0.6) is 0 Å². The van der Waals surface area contributed by atoms with E-state index in [1.54, 1.807) is 0 Å². The maximum atomic E-state index is 6.12. The molecule has 0 aromatic heterocycles. The largest absolute Gasteiger partial charge is 0.308 e. The van der Waals surface area contributed by atoms with Gasteiger partial charge in [0.15, 0.2) is 0 Å². The molecule has 3 saturated heterocycles. The third-order valence-corrected chi connectivity index (χ3v) is 5.44. The molecule has 4 rings (SSSR count). The monoisotopic (exact) mass is 328 g/mol. The van der Waals surface area contributed by atoms with Gasteiger partial charge in [-0.1, -0.05) is 17.7 Å². The van der Waals surface area contributed by atoms with Crippen LogP contribution in [0.2, 0.25) is 5.02 Å². The molecule has 0 amide bonds. The highest BCUT2D eigenvalue weighted by molar-refractivity contribution is 9.10. The SMILES string of the molecule is Clc1cc(CNC2CN3CCC2CC3)ccc1Br. The minimum atomic E-state index is 0.662. The molecule has 18 heavy (non-hydrogen) atoms. The van der Waals surface area contributed by atoms with Gasteiger partial charge in [-0.25, -0.2) is 0 Å². The average molecular weight is 330 g/mol.